The molecular weight excluding hydrogens is 1480 g/mol. The Hall–Kier alpha value is -8.64. The zero-order chi connectivity index (χ0) is 86.3. The first-order valence-electron chi connectivity index (χ1n) is 47.7. The second-order valence-electron chi connectivity index (χ2n) is 35.9. The first-order chi connectivity index (χ1) is 58.0. The molecule has 0 saturated carbocycles. The molecule has 12 aromatic heterocycles. The van der Waals surface area contributed by atoms with Crippen LogP contribution in [0.3, 0.4) is 0 Å². The third-order valence-corrected chi connectivity index (χ3v) is 33.7. The molecule has 24 bridgehead atoms. The van der Waals surface area contributed by atoms with E-state index in [2.05, 4.69) is 332 Å². The maximum Gasteiger partial charge on any atom is 0.117 e. The van der Waals surface area contributed by atoms with Crippen LogP contribution in [0.2, 0.25) is 0 Å². The van der Waals surface area contributed by atoms with E-state index in [0.717, 1.165) is 292 Å². The number of hydrogen-bond acceptors (Lipinski definition) is 8. The largest absolute Gasteiger partial charge is 0.464 e. The molecule has 0 aliphatic carbocycles. The fraction of sp³-hybridized carbons (Fsp3) is 0.556. The van der Waals surface area contributed by atoms with Crippen LogP contribution < -0.4 is 0 Å². The number of H-pyrrole nitrogens is 4. The lowest BCUT2D eigenvalue weighted by molar-refractivity contribution is 0.255. The molecule has 12 heteroatoms. The Kier molecular flexibility index (Phi) is 25.7. The molecule has 12 nitrogen and oxygen atoms in total. The summed E-state index contributed by atoms with van der Waals surface area (Å²) >= 11 is 0. The molecule has 0 aromatic carbocycles. The summed E-state index contributed by atoms with van der Waals surface area (Å²) in [5.41, 5.74) is 3.62. The van der Waals surface area contributed by atoms with E-state index >= 15 is 0 Å². The average Bonchev–Trinajstić information content (AvgIpc) is 1.59. The first-order valence-corrected chi connectivity index (χ1v) is 47.7. The van der Waals surface area contributed by atoms with Gasteiger partial charge in [0.2, 0.25) is 0 Å². The first kappa shape index (κ1) is 89.1. The predicted octanol–water partition coefficient (Wildman–Crippen LogP) is 31.3. The van der Waals surface area contributed by atoms with Crippen LogP contribution in [0.1, 0.15) is 458 Å². The Morgan fingerprint density at radius 3 is 0.275 bits per heavy atom. The highest BCUT2D eigenvalue weighted by molar-refractivity contribution is 5.48. The van der Waals surface area contributed by atoms with Crippen LogP contribution in [0.4, 0.5) is 0 Å². The summed E-state index contributed by atoms with van der Waals surface area (Å²) < 4.78 is 59.8. The molecule has 0 unspecified atom stereocenters. The zero-order valence-electron chi connectivity index (χ0n) is 78.1. The molecule has 0 amide bonds. The molecule has 13 rings (SSSR count). The Bertz CT molecular complexity index is 3850. The lowest BCUT2D eigenvalue weighted by Crippen LogP contribution is -2.30. The Labute approximate surface area is 719 Å². The van der Waals surface area contributed by atoms with Crippen molar-refractivity contribution < 1.29 is 35.3 Å². The van der Waals surface area contributed by atoms with Gasteiger partial charge >= 0.3 is 0 Å². The minimum Gasteiger partial charge on any atom is -0.464 e. The standard InChI is InChI=1S/C108H148N4O8/c1-25-97(26-2)73-49-50-74(109-73)98(27-3,28-4)82-58-67-91(114-82)106(43-19,44-20)92-68-60-84(116-92)101(33-9,34-10)77-53-54-78(111-77)102(35-11,36-12)86-62-71-95(118-86)108(47-23,48-24)96-72-64-88(120-96)104(39-15,40-16)80-56-55-79(112-80)103(37-13,38-14)87-63-70-94(119-87)107(45-21,46-22)93-69-61-85(117-93)100(31-7,32-8)76-52-51-75(110-76)99(29-5,30-6)83-59-66-90(115-83)105(41-17,42-18)89-65-57-81(97)113-89/h49-72,109-112H,25-48H2,1-24H3. The molecule has 0 radical (unpaired) electrons. The van der Waals surface area contributed by atoms with Crippen molar-refractivity contribution in [2.24, 2.45) is 0 Å². The van der Waals surface area contributed by atoms with Crippen LogP contribution in [0.25, 0.3) is 0 Å². The summed E-state index contributed by atoms with van der Waals surface area (Å²) in [6.45, 7) is 55.2. The number of hydrogen-bond donors (Lipinski definition) is 4. The van der Waals surface area contributed by atoms with Crippen LogP contribution in [0.5, 0.6) is 0 Å². The van der Waals surface area contributed by atoms with Crippen molar-refractivity contribution in [3.8, 4) is 0 Å². The Morgan fingerprint density at radius 1 is 0.125 bits per heavy atom. The lowest BCUT2D eigenvalue weighted by Gasteiger charge is -2.33. The van der Waals surface area contributed by atoms with Gasteiger partial charge in [-0.3, -0.25) is 0 Å². The second kappa shape index (κ2) is 34.6. The maximum atomic E-state index is 7.48. The molecule has 12 aromatic rings. The monoisotopic (exact) mass is 1630 g/mol. The van der Waals surface area contributed by atoms with E-state index in [0.29, 0.717) is 0 Å². The smallest absolute Gasteiger partial charge is 0.117 e. The minimum absolute atomic E-state index is 0.439. The van der Waals surface area contributed by atoms with E-state index in [1.165, 1.54) is 0 Å². The van der Waals surface area contributed by atoms with Crippen LogP contribution >= 0.6 is 0 Å². The number of aromatic nitrogens is 4. The van der Waals surface area contributed by atoms with Gasteiger partial charge in [-0.25, -0.2) is 0 Å². The minimum atomic E-state index is -0.519. The predicted molar refractivity (Wildman–Crippen MR) is 489 cm³/mol. The number of fused-ring (bicyclic) bond motifs is 24. The summed E-state index contributed by atoms with van der Waals surface area (Å²) in [6, 6.07) is 54.7. The van der Waals surface area contributed by atoms with E-state index in [9.17, 15) is 0 Å². The van der Waals surface area contributed by atoms with Crippen molar-refractivity contribution in [2.75, 3.05) is 0 Å². The summed E-state index contributed by atoms with van der Waals surface area (Å²) in [7, 11) is 0. The van der Waals surface area contributed by atoms with Crippen molar-refractivity contribution in [1.29, 1.82) is 0 Å². The number of furan rings is 8. The molecular formula is C108H148N4O8. The fourth-order valence-corrected chi connectivity index (χ4v) is 23.8. The molecule has 0 fully saturated rings. The zero-order valence-corrected chi connectivity index (χ0v) is 78.1. The lowest BCUT2D eigenvalue weighted by atomic mass is 9.76. The molecule has 0 atom stereocenters. The van der Waals surface area contributed by atoms with Crippen molar-refractivity contribution in [3.63, 3.8) is 0 Å². The normalized spacial score (nSPS) is 18.6. The van der Waals surface area contributed by atoms with Gasteiger partial charge in [-0.15, -0.1) is 0 Å². The van der Waals surface area contributed by atoms with Gasteiger partial charge < -0.3 is 55.3 Å². The van der Waals surface area contributed by atoms with Gasteiger partial charge in [-0.1, -0.05) is 166 Å². The molecule has 13 heterocycles. The average molecular weight is 1630 g/mol. The summed E-state index contributed by atoms with van der Waals surface area (Å²) in [6.07, 6.45) is 19.8. The number of rotatable bonds is 24. The Morgan fingerprint density at radius 2 is 0.200 bits per heavy atom. The van der Waals surface area contributed by atoms with E-state index in [1.54, 1.807) is 0 Å². The van der Waals surface area contributed by atoms with Crippen molar-refractivity contribution in [1.82, 2.24) is 19.9 Å². The van der Waals surface area contributed by atoms with Crippen molar-refractivity contribution >= 4 is 0 Å². The summed E-state index contributed by atoms with van der Waals surface area (Å²) in [4.78, 5) is 16.5. The second-order valence-corrected chi connectivity index (χ2v) is 35.9. The molecule has 0 saturated heterocycles. The van der Waals surface area contributed by atoms with Gasteiger partial charge in [-0.2, -0.15) is 0 Å². The van der Waals surface area contributed by atoms with Gasteiger partial charge in [0, 0.05) is 45.6 Å². The number of aromatic amines is 4. The topological polar surface area (TPSA) is 168 Å². The van der Waals surface area contributed by atoms with Gasteiger partial charge in [-0.05, 0) is 300 Å². The van der Waals surface area contributed by atoms with Gasteiger partial charge in [0.25, 0.3) is 0 Å². The van der Waals surface area contributed by atoms with Crippen LogP contribution in [0.15, 0.2) is 181 Å². The molecule has 648 valence electrons. The number of nitrogens with one attached hydrogen (secondary N) is 4. The van der Waals surface area contributed by atoms with Crippen LogP contribution in [-0.2, 0) is 65.0 Å². The highest BCUT2D eigenvalue weighted by Crippen LogP contribution is 2.56. The highest BCUT2D eigenvalue weighted by Gasteiger charge is 2.52. The van der Waals surface area contributed by atoms with Crippen molar-refractivity contribution in [3.05, 3.63) is 283 Å². The maximum absolute atomic E-state index is 7.48. The molecule has 120 heavy (non-hydrogen) atoms. The van der Waals surface area contributed by atoms with E-state index in [4.69, 9.17) is 35.3 Å². The van der Waals surface area contributed by atoms with Gasteiger partial charge in [0.15, 0.2) is 0 Å². The van der Waals surface area contributed by atoms with Gasteiger partial charge in [0.05, 0.1) is 65.0 Å². The van der Waals surface area contributed by atoms with Crippen LogP contribution in [-0.4, -0.2) is 19.9 Å². The fourth-order valence-electron chi connectivity index (χ4n) is 23.8. The highest BCUT2D eigenvalue weighted by atomic mass is 16.4. The van der Waals surface area contributed by atoms with E-state index in [-0.39, 0.29) is 0 Å². The molecule has 1 aliphatic rings. The van der Waals surface area contributed by atoms with E-state index in [1.807, 2.05) is 0 Å². The summed E-state index contributed by atoms with van der Waals surface area (Å²) in [5.74, 6) is 15.2. The summed E-state index contributed by atoms with van der Waals surface area (Å²) in [5, 5.41) is 0. The SMILES string of the molecule is CCC1(CC)c2ccc([nH]2)C(CC)(CC)c2ccc(o2)C(CC)(CC)c2ccc(o2)C(CC)(CC)c2ccc([nH]2)C(CC)(CC)c2ccc(o2)C(CC)(CC)c2ccc(o2)C(CC)(CC)c2ccc([nH]2)C(CC)(CC)c2ccc(o2)C(CC)(CC)c2ccc(o2)C(CC)(CC)c2ccc([nH]2)C(CC)(CC)c2ccc(o2)C(CC)(CC)c2ccc1o2. The van der Waals surface area contributed by atoms with Crippen molar-refractivity contribution in [2.45, 2.75) is 385 Å². The molecule has 0 spiro atoms. The van der Waals surface area contributed by atoms with E-state index < -0.39 is 65.0 Å². The van der Waals surface area contributed by atoms with Crippen LogP contribution in [0, 0.1) is 0 Å². The molecule has 4 N–H and O–H groups in total. The third kappa shape index (κ3) is 12.9. The third-order valence-electron chi connectivity index (χ3n) is 33.7. The Balaban J connectivity index is 0.938. The quantitative estimate of drug-likeness (QED) is 0.0464. The van der Waals surface area contributed by atoms with Gasteiger partial charge in [0.1, 0.15) is 92.2 Å². The molecule has 1 aliphatic heterocycles.